The number of nitrogens with two attached hydrogens (primary N) is 1. The van der Waals surface area contributed by atoms with Crippen molar-refractivity contribution in [3.05, 3.63) is 89.2 Å². The molecule has 1 atom stereocenters. The van der Waals surface area contributed by atoms with Crippen LogP contribution in [0.4, 0.5) is 10.1 Å². The Hall–Kier alpha value is -4.35. The van der Waals surface area contributed by atoms with Gasteiger partial charge in [-0.25, -0.2) is 4.39 Å². The summed E-state index contributed by atoms with van der Waals surface area (Å²) < 4.78 is 19.0. The Labute approximate surface area is 275 Å². The van der Waals surface area contributed by atoms with E-state index in [2.05, 4.69) is 27.0 Å². The number of hydrogen-bond donors (Lipinski definition) is 3. The molecule has 0 spiro atoms. The van der Waals surface area contributed by atoms with Gasteiger partial charge in [-0.1, -0.05) is 36.4 Å². The Morgan fingerprint density at radius 3 is 2.28 bits per heavy atom. The molecule has 2 aromatic carbocycles. The molecule has 3 fully saturated rings. The van der Waals surface area contributed by atoms with Crippen LogP contribution in [-0.4, -0.2) is 76.8 Å². The first kappa shape index (κ1) is 34.0. The summed E-state index contributed by atoms with van der Waals surface area (Å²) in [7, 11) is 0. The number of nitrogens with one attached hydrogen (secondary N) is 1. The number of carbonyl (C=O) groups excluding carboxylic acids is 3. The molecule has 2 saturated heterocycles. The number of amides is 3. The van der Waals surface area contributed by atoms with E-state index in [0.29, 0.717) is 24.7 Å². The fraction of sp³-hybridized carbons (Fsp3) is 0.444. The molecule has 2 aliphatic heterocycles. The molecule has 0 bridgehead atoms. The number of aliphatic hydroxyl groups excluding tert-OH is 1. The van der Waals surface area contributed by atoms with Gasteiger partial charge in [0.25, 0.3) is 5.91 Å². The monoisotopic (exact) mass is 645 g/mol. The highest BCUT2D eigenvalue weighted by molar-refractivity contribution is 5.94. The molecule has 3 aromatic rings. The van der Waals surface area contributed by atoms with Crippen LogP contribution in [0.15, 0.2) is 66.9 Å². The molecular weight excluding hydrogens is 601 g/mol. The average molecular weight is 646 g/mol. The summed E-state index contributed by atoms with van der Waals surface area (Å²) in [5.41, 5.74) is 8.56. The molecule has 11 heteroatoms. The van der Waals surface area contributed by atoms with Crippen LogP contribution in [0.3, 0.4) is 0 Å². The number of alkyl halides is 1. The molecule has 10 nitrogen and oxygen atoms in total. The Morgan fingerprint density at radius 2 is 1.66 bits per heavy atom. The number of aliphatic hydroxyl groups is 1. The molecule has 4 N–H and O–H groups in total. The molecule has 3 amide bonds. The van der Waals surface area contributed by atoms with E-state index in [9.17, 15) is 14.0 Å². The minimum atomic E-state index is -1.82. The molecule has 6 rings (SSSR count). The first-order valence-corrected chi connectivity index (χ1v) is 16.4. The Balaban J connectivity index is 0.00000139. The largest absolute Gasteiger partial charge is 0.490 e. The van der Waals surface area contributed by atoms with Crippen molar-refractivity contribution in [3.63, 3.8) is 0 Å². The average Bonchev–Trinajstić information content (AvgIpc) is 3.93. The van der Waals surface area contributed by atoms with Gasteiger partial charge in [-0.15, -0.1) is 0 Å². The first-order chi connectivity index (χ1) is 22.8. The number of aromatic nitrogens is 1. The number of hydrogen-bond acceptors (Lipinski definition) is 7. The van der Waals surface area contributed by atoms with E-state index in [-0.39, 0.29) is 36.7 Å². The van der Waals surface area contributed by atoms with Gasteiger partial charge in [-0.2, -0.15) is 0 Å². The number of rotatable bonds is 10. The zero-order chi connectivity index (χ0) is 33.2. The third kappa shape index (κ3) is 10.1. The lowest BCUT2D eigenvalue weighted by atomic mass is 9.90. The summed E-state index contributed by atoms with van der Waals surface area (Å²) in [6, 6.07) is 19.3. The van der Waals surface area contributed by atoms with E-state index in [1.807, 2.05) is 65.7 Å². The van der Waals surface area contributed by atoms with Gasteiger partial charge in [0.2, 0.25) is 12.3 Å². The van der Waals surface area contributed by atoms with Crippen molar-refractivity contribution in [3.8, 4) is 5.75 Å². The van der Waals surface area contributed by atoms with E-state index in [0.717, 1.165) is 75.2 Å². The van der Waals surface area contributed by atoms with Crippen molar-refractivity contribution in [1.29, 1.82) is 0 Å². The SMILES string of the molecule is NC=O.O=C(Nc1cccc(OC2CCN(C(=O)c3ccc(C4CCN(Cc5ccc(CC(O)F)cc5)CC4)cn3)CC2)c1)C1CC1. The van der Waals surface area contributed by atoms with E-state index in [4.69, 9.17) is 14.6 Å². The number of anilines is 1. The highest BCUT2D eigenvalue weighted by atomic mass is 19.1. The highest BCUT2D eigenvalue weighted by Gasteiger charge is 2.30. The third-order valence-corrected chi connectivity index (χ3v) is 8.98. The second-order valence-electron chi connectivity index (χ2n) is 12.5. The summed E-state index contributed by atoms with van der Waals surface area (Å²) in [5, 5.41) is 11.9. The van der Waals surface area contributed by atoms with Crippen molar-refractivity contribution < 1.29 is 28.6 Å². The maximum absolute atomic E-state index is 13.2. The molecule has 1 unspecified atom stereocenters. The van der Waals surface area contributed by atoms with Gasteiger partial charge in [0, 0.05) is 62.8 Å². The normalized spacial score (nSPS) is 18.0. The third-order valence-electron chi connectivity index (χ3n) is 8.98. The second kappa shape index (κ2) is 16.5. The maximum atomic E-state index is 13.2. The van der Waals surface area contributed by atoms with Gasteiger partial charge in [0.1, 0.15) is 17.5 Å². The number of halogens is 1. The summed E-state index contributed by atoms with van der Waals surface area (Å²) in [5.74, 6) is 1.35. The smallest absolute Gasteiger partial charge is 0.272 e. The Kier molecular flexibility index (Phi) is 11.9. The standard InChI is InChI=1S/C35H41FN4O4.CH3NO/c36-33(41)20-24-4-6-25(7-5-24)23-39-16-12-26(13-17-39)28-10-11-32(37-22-28)35(43)40-18-14-30(15-19-40)44-31-3-1-2-29(21-31)38-34(42)27-8-9-27;2-1-3/h1-7,10-11,21-22,26-27,30,33,41H,8-9,12-20,23H2,(H,38,42);1H,(H2,2,3). The first-order valence-electron chi connectivity index (χ1n) is 16.4. The van der Waals surface area contributed by atoms with Gasteiger partial charge in [0.05, 0.1) is 0 Å². The van der Waals surface area contributed by atoms with Crippen LogP contribution in [0.25, 0.3) is 0 Å². The maximum Gasteiger partial charge on any atom is 0.272 e. The number of nitrogens with zero attached hydrogens (tertiary/aromatic N) is 3. The van der Waals surface area contributed by atoms with Gasteiger partial charge in [-0.3, -0.25) is 24.3 Å². The molecule has 0 radical (unpaired) electrons. The number of benzene rings is 2. The Morgan fingerprint density at radius 1 is 0.979 bits per heavy atom. The molecule has 1 saturated carbocycles. The van der Waals surface area contributed by atoms with E-state index < -0.39 is 6.36 Å². The summed E-state index contributed by atoms with van der Waals surface area (Å²) >= 11 is 0. The van der Waals surface area contributed by atoms with Crippen LogP contribution in [0, 0.1) is 5.92 Å². The second-order valence-corrected chi connectivity index (χ2v) is 12.5. The van der Waals surface area contributed by atoms with Crippen LogP contribution < -0.4 is 15.8 Å². The van der Waals surface area contributed by atoms with Gasteiger partial charge < -0.3 is 25.8 Å². The number of pyridine rings is 1. The fourth-order valence-electron chi connectivity index (χ4n) is 6.20. The quantitative estimate of drug-likeness (QED) is 0.278. The lowest BCUT2D eigenvalue weighted by molar-refractivity contribution is -0.117. The van der Waals surface area contributed by atoms with Crippen LogP contribution in [0.5, 0.6) is 5.75 Å². The van der Waals surface area contributed by atoms with Crippen molar-refractivity contribution in [1.82, 2.24) is 14.8 Å². The molecule has 1 aliphatic carbocycles. The van der Waals surface area contributed by atoms with Crippen LogP contribution >= 0.6 is 0 Å². The van der Waals surface area contributed by atoms with E-state index in [1.165, 1.54) is 11.1 Å². The predicted octanol–water partition coefficient (Wildman–Crippen LogP) is 4.43. The fourth-order valence-corrected chi connectivity index (χ4v) is 6.20. The molecule has 1 aromatic heterocycles. The predicted molar refractivity (Wildman–Crippen MR) is 176 cm³/mol. The summed E-state index contributed by atoms with van der Waals surface area (Å²) in [6.45, 7) is 4.04. The van der Waals surface area contributed by atoms with Crippen LogP contribution in [0.2, 0.25) is 0 Å². The van der Waals surface area contributed by atoms with E-state index in [1.54, 1.807) is 0 Å². The zero-order valence-electron chi connectivity index (χ0n) is 26.6. The number of primary amides is 1. The number of piperidine rings is 2. The van der Waals surface area contributed by atoms with Gasteiger partial charge in [0.15, 0.2) is 6.36 Å². The summed E-state index contributed by atoms with van der Waals surface area (Å²) in [4.78, 5) is 42.7. The highest BCUT2D eigenvalue weighted by Crippen LogP contribution is 2.31. The number of likely N-dealkylation sites (tertiary alicyclic amines) is 2. The van der Waals surface area contributed by atoms with Crippen molar-refractivity contribution >= 4 is 23.9 Å². The van der Waals surface area contributed by atoms with E-state index >= 15 is 0 Å². The summed E-state index contributed by atoms with van der Waals surface area (Å²) in [6.07, 6.45) is 5.83. The number of ether oxygens (including phenoxy) is 1. The van der Waals surface area contributed by atoms with Crippen molar-refractivity contribution in [2.45, 2.75) is 69.9 Å². The molecule has 3 aliphatic rings. The molecular formula is C36H44FN5O5. The molecule has 47 heavy (non-hydrogen) atoms. The minimum Gasteiger partial charge on any atom is -0.490 e. The van der Waals surface area contributed by atoms with Crippen molar-refractivity contribution in [2.75, 3.05) is 31.5 Å². The topological polar surface area (TPSA) is 138 Å². The van der Waals surface area contributed by atoms with Crippen LogP contribution in [0.1, 0.15) is 71.6 Å². The lowest BCUT2D eigenvalue weighted by Crippen LogP contribution is -2.42. The minimum absolute atomic E-state index is 0.0179. The van der Waals surface area contributed by atoms with Crippen molar-refractivity contribution in [2.24, 2.45) is 11.7 Å². The lowest BCUT2D eigenvalue weighted by Gasteiger charge is -2.33. The molecule has 3 heterocycles. The van der Waals surface area contributed by atoms with Gasteiger partial charge >= 0.3 is 0 Å². The van der Waals surface area contributed by atoms with Crippen LogP contribution in [-0.2, 0) is 22.6 Å². The van der Waals surface area contributed by atoms with Gasteiger partial charge in [-0.05, 0) is 79.6 Å². The number of carbonyl (C=O) groups is 3. The molecule has 250 valence electrons. The Bertz CT molecular complexity index is 1470. The zero-order valence-corrected chi connectivity index (χ0v) is 26.6.